The van der Waals surface area contributed by atoms with Crippen molar-refractivity contribution >= 4 is 22.8 Å². The second-order valence-corrected chi connectivity index (χ2v) is 7.20. The number of nitrogens with one attached hydrogen (secondary N) is 1. The Balaban J connectivity index is 1.39. The van der Waals surface area contributed by atoms with Crippen LogP contribution in [0.15, 0.2) is 65.0 Å². The van der Waals surface area contributed by atoms with Gasteiger partial charge in [-0.2, -0.15) is 0 Å². The van der Waals surface area contributed by atoms with E-state index in [4.69, 9.17) is 9.15 Å². The van der Waals surface area contributed by atoms with Gasteiger partial charge in [-0.1, -0.05) is 24.3 Å². The maximum Gasteiger partial charge on any atom is 0.310 e. The van der Waals surface area contributed by atoms with E-state index in [1.54, 1.807) is 17.2 Å². The Morgan fingerprint density at radius 2 is 2.03 bits per heavy atom. The van der Waals surface area contributed by atoms with Gasteiger partial charge in [0.25, 0.3) is 5.91 Å². The van der Waals surface area contributed by atoms with E-state index >= 15 is 0 Å². The molecule has 0 spiro atoms. The number of amides is 1. The van der Waals surface area contributed by atoms with Crippen molar-refractivity contribution in [1.29, 1.82) is 0 Å². The fourth-order valence-corrected chi connectivity index (χ4v) is 3.68. The van der Waals surface area contributed by atoms with Crippen molar-refractivity contribution in [1.82, 2.24) is 9.88 Å². The highest BCUT2D eigenvalue weighted by Crippen LogP contribution is 2.23. The van der Waals surface area contributed by atoms with Crippen LogP contribution in [0.1, 0.15) is 37.0 Å². The van der Waals surface area contributed by atoms with Crippen LogP contribution in [0.25, 0.3) is 10.9 Å². The first-order valence-corrected chi connectivity index (χ1v) is 9.93. The molecule has 6 heteroatoms. The third-order valence-corrected chi connectivity index (χ3v) is 5.18. The van der Waals surface area contributed by atoms with E-state index in [-0.39, 0.29) is 18.9 Å². The molecule has 29 heavy (non-hydrogen) atoms. The zero-order valence-corrected chi connectivity index (χ0v) is 16.2. The summed E-state index contributed by atoms with van der Waals surface area (Å²) in [5.74, 6) is 0.0513. The fraction of sp³-hybridized carbons (Fsp3) is 0.304. The monoisotopic (exact) mass is 392 g/mol. The second-order valence-electron chi connectivity index (χ2n) is 7.20. The maximum absolute atomic E-state index is 12.8. The van der Waals surface area contributed by atoms with Crippen LogP contribution in [0.4, 0.5) is 0 Å². The second kappa shape index (κ2) is 8.82. The molecule has 0 aliphatic heterocycles. The van der Waals surface area contributed by atoms with Gasteiger partial charge in [-0.25, -0.2) is 0 Å². The van der Waals surface area contributed by atoms with Gasteiger partial charge in [0.2, 0.25) is 0 Å². The number of allylic oxidation sites excluding steroid dienone is 2. The van der Waals surface area contributed by atoms with E-state index in [0.717, 1.165) is 47.8 Å². The van der Waals surface area contributed by atoms with Crippen molar-refractivity contribution < 1.29 is 18.7 Å². The Morgan fingerprint density at radius 1 is 1.14 bits per heavy atom. The number of rotatable bonds is 7. The molecular weight excluding hydrogens is 368 g/mol. The number of H-pyrrole nitrogens is 1. The highest BCUT2D eigenvalue weighted by atomic mass is 16.5. The lowest BCUT2D eigenvalue weighted by molar-refractivity contribution is -0.151. The predicted molar refractivity (Wildman–Crippen MR) is 109 cm³/mol. The Labute approximate surface area is 169 Å². The lowest BCUT2D eigenvalue weighted by Crippen LogP contribution is -2.34. The number of para-hydroxylation sites is 1. The van der Waals surface area contributed by atoms with Gasteiger partial charge in [-0.3, -0.25) is 9.59 Å². The van der Waals surface area contributed by atoms with Crippen molar-refractivity contribution in [2.24, 2.45) is 0 Å². The molecule has 1 aliphatic rings. The standard InChI is InChI=1S/C23H24N2O4/c26-22(25(15-19-9-6-12-28-19)18-7-2-1-3-8-18)16-29-23(27)13-17-14-24-21-11-5-4-10-20(17)21/h4-7,9-12,14,24H,1-3,8,13,15-16H2. The van der Waals surface area contributed by atoms with Crippen LogP contribution in [-0.4, -0.2) is 28.4 Å². The molecule has 1 N–H and O–H groups in total. The van der Waals surface area contributed by atoms with Gasteiger partial charge in [0.05, 0.1) is 19.2 Å². The van der Waals surface area contributed by atoms with Gasteiger partial charge in [-0.15, -0.1) is 0 Å². The molecule has 2 aromatic heterocycles. The molecule has 6 nitrogen and oxygen atoms in total. The molecule has 4 rings (SSSR count). The topological polar surface area (TPSA) is 75.5 Å². The number of ether oxygens (including phenoxy) is 1. The molecule has 150 valence electrons. The van der Waals surface area contributed by atoms with E-state index < -0.39 is 5.97 Å². The van der Waals surface area contributed by atoms with E-state index in [1.165, 1.54) is 0 Å². The number of hydrogen-bond acceptors (Lipinski definition) is 4. The molecule has 0 atom stereocenters. The summed E-state index contributed by atoms with van der Waals surface area (Å²) < 4.78 is 10.7. The highest BCUT2D eigenvalue weighted by molar-refractivity contribution is 5.88. The first-order chi connectivity index (χ1) is 14.2. The third-order valence-electron chi connectivity index (χ3n) is 5.18. The molecule has 0 radical (unpaired) electrons. The number of furan rings is 1. The largest absolute Gasteiger partial charge is 0.467 e. The summed E-state index contributed by atoms with van der Waals surface area (Å²) in [6, 6.07) is 11.4. The van der Waals surface area contributed by atoms with Crippen LogP contribution < -0.4 is 0 Å². The minimum atomic E-state index is -0.418. The Hall–Kier alpha value is -3.28. The SMILES string of the molecule is O=C(Cc1c[nH]c2ccccc12)OCC(=O)N(Cc1ccco1)C1=CCCCC1. The summed E-state index contributed by atoms with van der Waals surface area (Å²) in [7, 11) is 0. The number of aromatic amines is 1. The van der Waals surface area contributed by atoms with E-state index in [0.29, 0.717) is 12.3 Å². The summed E-state index contributed by atoms with van der Waals surface area (Å²) in [6.45, 7) is 0.0664. The smallest absolute Gasteiger partial charge is 0.310 e. The Kier molecular flexibility index (Phi) is 5.79. The molecule has 1 aromatic carbocycles. The predicted octanol–water partition coefficient (Wildman–Crippen LogP) is 4.33. The Bertz CT molecular complexity index is 1020. The molecular formula is C23H24N2O4. The fourth-order valence-electron chi connectivity index (χ4n) is 3.68. The number of nitrogens with zero attached hydrogens (tertiary/aromatic N) is 1. The van der Waals surface area contributed by atoms with Crippen LogP contribution in [0, 0.1) is 0 Å². The van der Waals surface area contributed by atoms with E-state index in [9.17, 15) is 9.59 Å². The number of benzene rings is 1. The molecule has 3 aromatic rings. The lowest BCUT2D eigenvalue weighted by Gasteiger charge is -2.26. The van der Waals surface area contributed by atoms with Gasteiger partial charge in [0.1, 0.15) is 5.76 Å². The molecule has 0 saturated heterocycles. The number of aromatic nitrogens is 1. The Morgan fingerprint density at radius 3 is 2.83 bits per heavy atom. The van der Waals surface area contributed by atoms with Crippen molar-refractivity contribution in [3.05, 3.63) is 72.0 Å². The number of fused-ring (bicyclic) bond motifs is 1. The van der Waals surface area contributed by atoms with Crippen LogP contribution in [-0.2, 0) is 27.3 Å². The number of carbonyl (C=O) groups is 2. The minimum absolute atomic E-state index is 0.123. The summed E-state index contributed by atoms with van der Waals surface area (Å²) in [5.41, 5.74) is 2.81. The van der Waals surface area contributed by atoms with E-state index in [1.807, 2.05) is 36.5 Å². The van der Waals surface area contributed by atoms with Crippen molar-refractivity contribution in [3.8, 4) is 0 Å². The maximum atomic E-state index is 12.8. The van der Waals surface area contributed by atoms with Gasteiger partial charge in [0, 0.05) is 22.8 Å². The lowest BCUT2D eigenvalue weighted by atomic mass is 10.0. The summed E-state index contributed by atoms with van der Waals surface area (Å²) >= 11 is 0. The van der Waals surface area contributed by atoms with Crippen LogP contribution >= 0.6 is 0 Å². The molecule has 1 amide bonds. The van der Waals surface area contributed by atoms with Crippen molar-refractivity contribution in [2.45, 2.75) is 38.6 Å². The summed E-state index contributed by atoms with van der Waals surface area (Å²) in [5, 5.41) is 0.989. The van der Waals surface area contributed by atoms with E-state index in [2.05, 4.69) is 11.1 Å². The highest BCUT2D eigenvalue weighted by Gasteiger charge is 2.22. The number of carbonyl (C=O) groups excluding carboxylic acids is 2. The van der Waals surface area contributed by atoms with Crippen LogP contribution in [0.3, 0.4) is 0 Å². The molecule has 0 bridgehead atoms. The number of esters is 1. The average molecular weight is 392 g/mol. The minimum Gasteiger partial charge on any atom is -0.467 e. The van der Waals surface area contributed by atoms with Gasteiger partial charge >= 0.3 is 5.97 Å². The summed E-state index contributed by atoms with van der Waals surface area (Å²) in [6.07, 6.45) is 9.60. The van der Waals surface area contributed by atoms with Crippen molar-refractivity contribution in [2.75, 3.05) is 6.61 Å². The van der Waals surface area contributed by atoms with Crippen LogP contribution in [0.2, 0.25) is 0 Å². The molecule has 0 unspecified atom stereocenters. The average Bonchev–Trinajstić information content (AvgIpc) is 3.41. The normalized spacial score (nSPS) is 13.9. The summed E-state index contributed by atoms with van der Waals surface area (Å²) in [4.78, 5) is 30.0. The molecule has 1 aliphatic carbocycles. The van der Waals surface area contributed by atoms with Crippen molar-refractivity contribution in [3.63, 3.8) is 0 Å². The third kappa shape index (κ3) is 4.59. The first-order valence-electron chi connectivity index (χ1n) is 9.93. The molecule has 0 saturated carbocycles. The van der Waals surface area contributed by atoms with Gasteiger partial charge in [-0.05, 0) is 49.4 Å². The first kappa shape index (κ1) is 19.1. The zero-order chi connectivity index (χ0) is 20.1. The number of hydrogen-bond donors (Lipinski definition) is 1. The van der Waals surface area contributed by atoms with Crippen LogP contribution in [0.5, 0.6) is 0 Å². The van der Waals surface area contributed by atoms with Gasteiger partial charge in [0.15, 0.2) is 6.61 Å². The molecule has 2 heterocycles. The molecule has 0 fully saturated rings. The zero-order valence-electron chi connectivity index (χ0n) is 16.2. The quantitative estimate of drug-likeness (QED) is 0.607. The van der Waals surface area contributed by atoms with Gasteiger partial charge < -0.3 is 19.0 Å².